The van der Waals surface area contributed by atoms with Crippen LogP contribution in [0.5, 0.6) is 0 Å². The zero-order chi connectivity index (χ0) is 17.1. The Hall–Kier alpha value is -2.74. The second-order valence-corrected chi connectivity index (χ2v) is 6.07. The molecule has 8 heteroatoms. The van der Waals surface area contributed by atoms with Gasteiger partial charge in [-0.25, -0.2) is 9.38 Å². The molecular weight excluding hydrogens is 331 g/mol. The molecule has 0 fully saturated rings. The maximum atomic E-state index is 12.9. The van der Waals surface area contributed by atoms with Gasteiger partial charge in [-0.3, -0.25) is 15.5 Å². The summed E-state index contributed by atoms with van der Waals surface area (Å²) in [6.07, 6.45) is 0. The molecule has 6 nitrogen and oxygen atoms in total. The third kappa shape index (κ3) is 3.60. The molecule has 1 N–H and O–H groups in total. The van der Waals surface area contributed by atoms with E-state index in [0.29, 0.717) is 33.4 Å². The Labute approximate surface area is 141 Å². The zero-order valence-corrected chi connectivity index (χ0v) is 13.5. The van der Waals surface area contributed by atoms with E-state index in [1.165, 1.54) is 30.0 Å². The summed E-state index contributed by atoms with van der Waals surface area (Å²) in [6.45, 7) is 1.70. The molecule has 3 rings (SSSR count). The fraction of sp³-hybridized carbons (Fsp3) is 0.125. The van der Waals surface area contributed by atoms with Gasteiger partial charge in [0.1, 0.15) is 5.82 Å². The number of benzene rings is 2. The van der Waals surface area contributed by atoms with Gasteiger partial charge in [-0.2, -0.15) is 5.10 Å². The van der Waals surface area contributed by atoms with Crippen LogP contribution in [-0.4, -0.2) is 21.6 Å². The molecule has 0 aromatic heterocycles. The number of nitrogens with one attached hydrogen (secondary N) is 1. The lowest BCUT2D eigenvalue weighted by Gasteiger charge is -2.15. The van der Waals surface area contributed by atoms with Crippen LogP contribution in [0.4, 0.5) is 15.8 Å². The largest absolute Gasteiger partial charge is 0.272 e. The van der Waals surface area contributed by atoms with Gasteiger partial charge >= 0.3 is 0 Å². The number of rotatable bonds is 3. The third-order valence-corrected chi connectivity index (χ3v) is 4.30. The molecule has 2 aromatic rings. The van der Waals surface area contributed by atoms with Crippen molar-refractivity contribution < 1.29 is 9.31 Å². The molecule has 0 saturated heterocycles. The molecule has 1 aliphatic heterocycles. The van der Waals surface area contributed by atoms with Crippen LogP contribution in [0.3, 0.4) is 0 Å². The molecule has 0 bridgehead atoms. The molecule has 0 aliphatic carbocycles. The van der Waals surface area contributed by atoms with Crippen molar-refractivity contribution in [1.82, 2.24) is 5.43 Å². The van der Waals surface area contributed by atoms with Crippen LogP contribution in [-0.2, 0) is 0 Å². The number of nitro groups is 1. The van der Waals surface area contributed by atoms with Crippen molar-refractivity contribution in [3.05, 3.63) is 69.5 Å². The number of nitrogens with zero attached hydrogens (tertiary/aromatic N) is 3. The number of nitro benzene ring substituents is 1. The van der Waals surface area contributed by atoms with Crippen LogP contribution in [0, 0.1) is 22.9 Å². The summed E-state index contributed by atoms with van der Waals surface area (Å²) < 4.78 is 12.9. The predicted molar refractivity (Wildman–Crippen MR) is 93.5 cm³/mol. The fourth-order valence-corrected chi connectivity index (χ4v) is 2.93. The van der Waals surface area contributed by atoms with Gasteiger partial charge in [0.25, 0.3) is 5.69 Å². The Morgan fingerprint density at radius 1 is 1.29 bits per heavy atom. The van der Waals surface area contributed by atoms with Gasteiger partial charge in [-0.15, -0.1) is 0 Å². The smallest absolute Gasteiger partial charge is 0.258 e. The van der Waals surface area contributed by atoms with E-state index in [-0.39, 0.29) is 11.5 Å². The number of hydrogen-bond acceptors (Lipinski definition) is 5. The molecule has 122 valence electrons. The first-order valence-electron chi connectivity index (χ1n) is 7.08. The van der Waals surface area contributed by atoms with Gasteiger partial charge in [0.2, 0.25) is 0 Å². The van der Waals surface area contributed by atoms with E-state index < -0.39 is 4.92 Å². The fourth-order valence-electron chi connectivity index (χ4n) is 2.14. The Bertz CT molecular complexity index is 850. The average molecular weight is 344 g/mol. The van der Waals surface area contributed by atoms with Crippen molar-refractivity contribution >= 4 is 34.0 Å². The summed E-state index contributed by atoms with van der Waals surface area (Å²) in [4.78, 5) is 15.0. The van der Waals surface area contributed by atoms with Gasteiger partial charge in [-0.05, 0) is 31.2 Å². The van der Waals surface area contributed by atoms with E-state index in [9.17, 15) is 14.5 Å². The second kappa shape index (κ2) is 6.79. The van der Waals surface area contributed by atoms with Crippen LogP contribution in [0.2, 0.25) is 0 Å². The monoisotopic (exact) mass is 344 g/mol. The molecule has 2 aromatic carbocycles. The van der Waals surface area contributed by atoms with Crippen LogP contribution in [0.1, 0.15) is 11.1 Å². The van der Waals surface area contributed by atoms with Crippen LogP contribution >= 0.6 is 11.8 Å². The van der Waals surface area contributed by atoms with Gasteiger partial charge in [0.05, 0.1) is 16.3 Å². The lowest BCUT2D eigenvalue weighted by atomic mass is 10.1. The Kier molecular flexibility index (Phi) is 4.57. The summed E-state index contributed by atoms with van der Waals surface area (Å²) in [7, 11) is 0. The molecule has 1 heterocycles. The molecule has 0 radical (unpaired) electrons. The third-order valence-electron chi connectivity index (χ3n) is 3.43. The zero-order valence-electron chi connectivity index (χ0n) is 12.7. The lowest BCUT2D eigenvalue weighted by molar-refractivity contribution is -0.385. The van der Waals surface area contributed by atoms with Crippen LogP contribution < -0.4 is 5.43 Å². The highest BCUT2D eigenvalue weighted by Gasteiger charge is 2.17. The maximum Gasteiger partial charge on any atom is 0.272 e. The van der Waals surface area contributed by atoms with Gasteiger partial charge in [0.15, 0.2) is 5.17 Å². The minimum absolute atomic E-state index is 0.0750. The normalized spacial score (nSPS) is 15.8. The standard InChI is InChI=1S/C16H13FN4O2S/c1-10-2-3-11(8-15(10)21(22)23)14-9-24-16(20-19-14)18-13-6-4-12(17)5-7-13/h2-8H,9H2,1H3,(H,18,20). The lowest BCUT2D eigenvalue weighted by Crippen LogP contribution is -2.25. The SMILES string of the molecule is Cc1ccc(C2=NNC(=Nc3ccc(F)cc3)SC2)cc1[N+](=O)[O-]. The van der Waals surface area contributed by atoms with E-state index in [2.05, 4.69) is 15.5 Å². The topological polar surface area (TPSA) is 79.9 Å². The number of amidine groups is 1. The van der Waals surface area contributed by atoms with E-state index in [0.717, 1.165) is 0 Å². The summed E-state index contributed by atoms with van der Waals surface area (Å²) >= 11 is 1.43. The van der Waals surface area contributed by atoms with Crippen molar-refractivity contribution in [1.29, 1.82) is 0 Å². The Morgan fingerprint density at radius 3 is 2.67 bits per heavy atom. The number of hydrogen-bond donors (Lipinski definition) is 1. The molecule has 0 spiro atoms. The molecule has 0 amide bonds. The average Bonchev–Trinajstić information content (AvgIpc) is 2.58. The summed E-state index contributed by atoms with van der Waals surface area (Å²) in [5.74, 6) is 0.220. The summed E-state index contributed by atoms with van der Waals surface area (Å²) in [6, 6.07) is 10.9. The summed E-state index contributed by atoms with van der Waals surface area (Å²) in [5.41, 5.74) is 5.55. The molecule has 0 unspecified atom stereocenters. The minimum atomic E-state index is -0.399. The first-order chi connectivity index (χ1) is 11.5. The van der Waals surface area contributed by atoms with Gasteiger partial charge in [-0.1, -0.05) is 23.9 Å². The first kappa shape index (κ1) is 16.1. The molecule has 24 heavy (non-hydrogen) atoms. The minimum Gasteiger partial charge on any atom is -0.258 e. The van der Waals surface area contributed by atoms with Crippen molar-refractivity contribution in [3.63, 3.8) is 0 Å². The van der Waals surface area contributed by atoms with E-state index >= 15 is 0 Å². The van der Waals surface area contributed by atoms with Crippen molar-refractivity contribution in [2.75, 3.05) is 5.75 Å². The highest BCUT2D eigenvalue weighted by atomic mass is 32.2. The molecule has 0 saturated carbocycles. The van der Waals surface area contributed by atoms with Gasteiger partial charge in [0, 0.05) is 22.9 Å². The summed E-state index contributed by atoms with van der Waals surface area (Å²) in [5, 5.41) is 15.9. The number of aliphatic imine (C=N–C) groups is 1. The number of halogens is 1. The van der Waals surface area contributed by atoms with E-state index in [4.69, 9.17) is 0 Å². The van der Waals surface area contributed by atoms with E-state index in [1.807, 2.05) is 6.07 Å². The first-order valence-corrected chi connectivity index (χ1v) is 8.06. The Balaban J connectivity index is 1.79. The molecule has 0 atom stereocenters. The predicted octanol–water partition coefficient (Wildman–Crippen LogP) is 3.77. The van der Waals surface area contributed by atoms with E-state index in [1.54, 1.807) is 25.1 Å². The highest BCUT2D eigenvalue weighted by Crippen LogP contribution is 2.23. The number of hydrazone groups is 1. The van der Waals surface area contributed by atoms with Crippen molar-refractivity contribution in [3.8, 4) is 0 Å². The highest BCUT2D eigenvalue weighted by molar-refractivity contribution is 8.14. The molecular formula is C16H13FN4O2S. The van der Waals surface area contributed by atoms with Crippen molar-refractivity contribution in [2.45, 2.75) is 6.92 Å². The van der Waals surface area contributed by atoms with Crippen molar-refractivity contribution in [2.24, 2.45) is 10.1 Å². The Morgan fingerprint density at radius 2 is 2.04 bits per heavy atom. The maximum absolute atomic E-state index is 12.9. The van der Waals surface area contributed by atoms with Crippen LogP contribution in [0.15, 0.2) is 52.6 Å². The quantitative estimate of drug-likeness (QED) is 0.679. The number of thioether (sulfide) groups is 1. The second-order valence-electron chi connectivity index (χ2n) is 5.11. The number of aryl methyl sites for hydroxylation is 1. The van der Waals surface area contributed by atoms with Crippen LogP contribution in [0.25, 0.3) is 0 Å². The molecule has 1 aliphatic rings. The van der Waals surface area contributed by atoms with Gasteiger partial charge < -0.3 is 0 Å².